The number of anilines is 1. The summed E-state index contributed by atoms with van der Waals surface area (Å²) in [5.74, 6) is 0.821. The van der Waals surface area contributed by atoms with Gasteiger partial charge in [-0.25, -0.2) is 9.78 Å². The first-order valence-electron chi connectivity index (χ1n) is 10.2. The van der Waals surface area contributed by atoms with Crippen molar-refractivity contribution in [2.24, 2.45) is 5.92 Å². The van der Waals surface area contributed by atoms with Crippen molar-refractivity contribution in [2.75, 3.05) is 31.5 Å². The van der Waals surface area contributed by atoms with Crippen LogP contribution in [0.15, 0.2) is 18.3 Å². The summed E-state index contributed by atoms with van der Waals surface area (Å²) >= 11 is 0. The molecule has 0 aromatic carbocycles. The van der Waals surface area contributed by atoms with E-state index in [2.05, 4.69) is 10.3 Å². The highest BCUT2D eigenvalue weighted by Gasteiger charge is 2.29. The van der Waals surface area contributed by atoms with Crippen molar-refractivity contribution in [3.8, 4) is 5.88 Å². The number of nitrogens with zero attached hydrogens (tertiary/aromatic N) is 3. The molecule has 0 bridgehead atoms. The Morgan fingerprint density at radius 3 is 2.26 bits per heavy atom. The van der Waals surface area contributed by atoms with Gasteiger partial charge in [-0.2, -0.15) is 0 Å². The average molecular weight is 372 g/mol. The van der Waals surface area contributed by atoms with Crippen LogP contribution in [0.3, 0.4) is 0 Å². The number of aromatic nitrogens is 1. The third kappa shape index (κ3) is 4.34. The molecule has 3 fully saturated rings. The normalized spacial score (nSPS) is 21.0. The summed E-state index contributed by atoms with van der Waals surface area (Å²) < 4.78 is 5.97. The summed E-state index contributed by atoms with van der Waals surface area (Å²) in [5, 5.41) is 2.91. The zero-order valence-electron chi connectivity index (χ0n) is 15.7. The second-order valence-electron chi connectivity index (χ2n) is 7.78. The number of rotatable bonds is 4. The predicted octanol–water partition coefficient (Wildman–Crippen LogP) is 2.88. The van der Waals surface area contributed by atoms with Gasteiger partial charge in [-0.15, -0.1) is 0 Å². The molecular weight excluding hydrogens is 344 g/mol. The number of carbonyl (C=O) groups is 2. The van der Waals surface area contributed by atoms with Gasteiger partial charge in [-0.3, -0.25) is 4.79 Å². The number of nitrogens with one attached hydrogen (secondary N) is 1. The van der Waals surface area contributed by atoms with Gasteiger partial charge in [-0.1, -0.05) is 6.42 Å². The molecule has 27 heavy (non-hydrogen) atoms. The van der Waals surface area contributed by atoms with Crippen LogP contribution in [-0.4, -0.2) is 59.0 Å². The molecule has 1 aromatic heterocycles. The number of likely N-dealkylation sites (tertiary alicyclic amines) is 2. The highest BCUT2D eigenvalue weighted by Crippen LogP contribution is 2.28. The summed E-state index contributed by atoms with van der Waals surface area (Å²) in [5.41, 5.74) is 0.713. The molecule has 0 unspecified atom stereocenters. The van der Waals surface area contributed by atoms with Gasteiger partial charge in [0.05, 0.1) is 11.9 Å². The largest absolute Gasteiger partial charge is 0.474 e. The van der Waals surface area contributed by atoms with E-state index >= 15 is 0 Å². The highest BCUT2D eigenvalue weighted by atomic mass is 16.5. The monoisotopic (exact) mass is 372 g/mol. The Kier molecular flexibility index (Phi) is 5.45. The Bertz CT molecular complexity index is 660. The fourth-order valence-electron chi connectivity index (χ4n) is 3.88. The summed E-state index contributed by atoms with van der Waals surface area (Å²) in [4.78, 5) is 32.6. The van der Waals surface area contributed by atoms with E-state index in [1.807, 2.05) is 15.9 Å². The lowest BCUT2D eigenvalue weighted by Crippen LogP contribution is -2.47. The average Bonchev–Trinajstić information content (AvgIpc) is 3.17. The lowest BCUT2D eigenvalue weighted by Gasteiger charge is -2.34. The molecule has 1 aliphatic carbocycles. The first kappa shape index (κ1) is 18.1. The quantitative estimate of drug-likeness (QED) is 0.882. The Labute approximate surface area is 160 Å². The first-order chi connectivity index (χ1) is 13.2. The molecule has 4 rings (SSSR count). The number of carbonyl (C=O) groups excluding carboxylic acids is 2. The molecule has 1 aromatic rings. The van der Waals surface area contributed by atoms with Crippen LogP contribution in [-0.2, 0) is 4.79 Å². The lowest BCUT2D eigenvalue weighted by molar-refractivity contribution is -0.122. The number of hydrogen-bond acceptors (Lipinski definition) is 4. The molecule has 2 aliphatic heterocycles. The Balaban J connectivity index is 1.22. The second-order valence-corrected chi connectivity index (χ2v) is 7.78. The molecule has 3 amide bonds. The van der Waals surface area contributed by atoms with E-state index in [0.29, 0.717) is 11.6 Å². The number of ether oxygens (including phenoxy) is 1. The SMILES string of the molecule is O=C(Nc1ccc(OC2CCN(C(=O)N3CCCC3)CC2)nc1)C1CCC1. The maximum absolute atomic E-state index is 12.4. The van der Waals surface area contributed by atoms with Crippen LogP contribution < -0.4 is 10.1 Å². The summed E-state index contributed by atoms with van der Waals surface area (Å²) in [7, 11) is 0. The third-order valence-corrected chi connectivity index (χ3v) is 5.86. The number of pyridine rings is 1. The van der Waals surface area contributed by atoms with Gasteiger partial charge in [0, 0.05) is 51.0 Å². The third-order valence-electron chi connectivity index (χ3n) is 5.86. The van der Waals surface area contributed by atoms with Crippen molar-refractivity contribution in [3.05, 3.63) is 18.3 Å². The Hall–Kier alpha value is -2.31. The Morgan fingerprint density at radius 2 is 1.67 bits per heavy atom. The van der Waals surface area contributed by atoms with Crippen LogP contribution >= 0.6 is 0 Å². The van der Waals surface area contributed by atoms with Gasteiger partial charge in [0.25, 0.3) is 0 Å². The molecule has 7 heteroatoms. The van der Waals surface area contributed by atoms with Gasteiger partial charge >= 0.3 is 6.03 Å². The van der Waals surface area contributed by atoms with Crippen LogP contribution in [0.5, 0.6) is 5.88 Å². The summed E-state index contributed by atoms with van der Waals surface area (Å²) in [6, 6.07) is 3.82. The molecule has 0 radical (unpaired) electrons. The molecule has 7 nitrogen and oxygen atoms in total. The highest BCUT2D eigenvalue weighted by molar-refractivity contribution is 5.92. The van der Waals surface area contributed by atoms with E-state index in [1.165, 1.54) is 0 Å². The topological polar surface area (TPSA) is 74.8 Å². The number of piperidine rings is 1. The summed E-state index contributed by atoms with van der Waals surface area (Å²) in [6.07, 6.45) is 8.73. The zero-order chi connectivity index (χ0) is 18.6. The molecule has 3 heterocycles. The van der Waals surface area contributed by atoms with E-state index in [4.69, 9.17) is 4.74 Å². The molecule has 1 N–H and O–H groups in total. The van der Waals surface area contributed by atoms with E-state index in [1.54, 1.807) is 12.3 Å². The van der Waals surface area contributed by atoms with Crippen molar-refractivity contribution in [2.45, 2.75) is 51.0 Å². The van der Waals surface area contributed by atoms with Crippen LogP contribution in [0.25, 0.3) is 0 Å². The van der Waals surface area contributed by atoms with Crippen LogP contribution in [0.2, 0.25) is 0 Å². The standard InChI is InChI=1S/C20H28N4O3/c25-19(15-4-3-5-15)22-16-6-7-18(21-14-16)27-17-8-12-24(13-9-17)20(26)23-10-1-2-11-23/h6-7,14-15,17H,1-5,8-13H2,(H,22,25). The van der Waals surface area contributed by atoms with Crippen LogP contribution in [0.4, 0.5) is 10.5 Å². The van der Waals surface area contributed by atoms with Crippen molar-refractivity contribution in [1.82, 2.24) is 14.8 Å². The molecule has 0 atom stereocenters. The van der Waals surface area contributed by atoms with E-state index in [-0.39, 0.29) is 24.0 Å². The molecule has 3 aliphatic rings. The van der Waals surface area contributed by atoms with Crippen molar-refractivity contribution in [1.29, 1.82) is 0 Å². The van der Waals surface area contributed by atoms with E-state index in [0.717, 1.165) is 71.1 Å². The smallest absolute Gasteiger partial charge is 0.320 e. The molecule has 0 spiro atoms. The first-order valence-corrected chi connectivity index (χ1v) is 10.2. The van der Waals surface area contributed by atoms with Crippen molar-refractivity contribution in [3.63, 3.8) is 0 Å². The Morgan fingerprint density at radius 1 is 0.963 bits per heavy atom. The lowest BCUT2D eigenvalue weighted by atomic mass is 9.85. The van der Waals surface area contributed by atoms with Crippen LogP contribution in [0.1, 0.15) is 44.9 Å². The molecular formula is C20H28N4O3. The van der Waals surface area contributed by atoms with E-state index in [9.17, 15) is 9.59 Å². The molecule has 2 saturated heterocycles. The predicted molar refractivity (Wildman–Crippen MR) is 102 cm³/mol. The minimum atomic E-state index is 0.0792. The number of urea groups is 1. The molecule has 146 valence electrons. The zero-order valence-corrected chi connectivity index (χ0v) is 15.7. The minimum absolute atomic E-state index is 0.0792. The maximum atomic E-state index is 12.4. The minimum Gasteiger partial charge on any atom is -0.474 e. The van der Waals surface area contributed by atoms with Gasteiger partial charge in [0.1, 0.15) is 6.10 Å². The van der Waals surface area contributed by atoms with E-state index < -0.39 is 0 Å². The molecule has 1 saturated carbocycles. The van der Waals surface area contributed by atoms with Crippen molar-refractivity contribution < 1.29 is 14.3 Å². The fraction of sp³-hybridized carbons (Fsp3) is 0.650. The van der Waals surface area contributed by atoms with Gasteiger partial charge < -0.3 is 19.9 Å². The number of hydrogen-bond donors (Lipinski definition) is 1. The second kappa shape index (κ2) is 8.15. The van der Waals surface area contributed by atoms with Gasteiger partial charge in [0.15, 0.2) is 0 Å². The summed E-state index contributed by atoms with van der Waals surface area (Å²) in [6.45, 7) is 3.25. The van der Waals surface area contributed by atoms with Crippen LogP contribution in [0, 0.1) is 5.92 Å². The van der Waals surface area contributed by atoms with Gasteiger partial charge in [-0.05, 0) is 31.7 Å². The fourth-order valence-corrected chi connectivity index (χ4v) is 3.88. The van der Waals surface area contributed by atoms with Crippen molar-refractivity contribution >= 4 is 17.6 Å². The number of amides is 3. The van der Waals surface area contributed by atoms with Gasteiger partial charge in [0.2, 0.25) is 11.8 Å². The maximum Gasteiger partial charge on any atom is 0.320 e.